The van der Waals surface area contributed by atoms with Crippen molar-refractivity contribution in [3.05, 3.63) is 23.3 Å². The van der Waals surface area contributed by atoms with Gasteiger partial charge < -0.3 is 15.7 Å². The zero-order chi connectivity index (χ0) is 19.4. The number of carbonyl (C=O) groups excluding carboxylic acids is 2. The van der Waals surface area contributed by atoms with Crippen LogP contribution in [0.4, 0.5) is 11.4 Å². The molecule has 5 nitrogen and oxygen atoms in total. The van der Waals surface area contributed by atoms with Crippen molar-refractivity contribution in [2.45, 2.75) is 71.3 Å². The van der Waals surface area contributed by atoms with E-state index in [1.54, 1.807) is 0 Å². The minimum absolute atomic E-state index is 0.0151. The second-order valence-electron chi connectivity index (χ2n) is 9.52. The number of anilines is 2. The minimum atomic E-state index is -0.539. The fraction of sp³-hybridized carbons (Fsp3) is 0.636. The van der Waals surface area contributed by atoms with Crippen LogP contribution >= 0.6 is 0 Å². The van der Waals surface area contributed by atoms with Crippen LogP contribution in [0.1, 0.15) is 63.0 Å². The first-order valence-electron chi connectivity index (χ1n) is 10.1. The summed E-state index contributed by atoms with van der Waals surface area (Å²) in [5, 5.41) is 16.8. The summed E-state index contributed by atoms with van der Waals surface area (Å²) in [5.74, 6) is 1.06. The first-order chi connectivity index (χ1) is 12.7. The number of aliphatic hydroxyl groups is 1. The number of hydrogen-bond acceptors (Lipinski definition) is 3. The van der Waals surface area contributed by atoms with E-state index in [2.05, 4.69) is 10.6 Å². The summed E-state index contributed by atoms with van der Waals surface area (Å²) < 4.78 is 0. The molecule has 2 amide bonds. The van der Waals surface area contributed by atoms with Crippen molar-refractivity contribution in [2.75, 3.05) is 10.6 Å². The zero-order valence-electron chi connectivity index (χ0n) is 16.5. The number of amides is 2. The highest BCUT2D eigenvalue weighted by molar-refractivity contribution is 5.96. The number of hydrogen-bond donors (Lipinski definition) is 3. The fourth-order valence-corrected chi connectivity index (χ4v) is 6.49. The third kappa shape index (κ3) is 3.49. The van der Waals surface area contributed by atoms with E-state index in [4.69, 9.17) is 0 Å². The second kappa shape index (κ2) is 6.33. The predicted octanol–water partition coefficient (Wildman–Crippen LogP) is 3.92. The quantitative estimate of drug-likeness (QED) is 0.752. The molecule has 5 heteroatoms. The van der Waals surface area contributed by atoms with Crippen molar-refractivity contribution in [1.29, 1.82) is 0 Å². The molecule has 4 fully saturated rings. The maximum Gasteiger partial charge on any atom is 0.224 e. The normalized spacial score (nSPS) is 33.8. The van der Waals surface area contributed by atoms with Gasteiger partial charge in [-0.2, -0.15) is 0 Å². The summed E-state index contributed by atoms with van der Waals surface area (Å²) in [6.45, 7) is 5.35. The van der Waals surface area contributed by atoms with Crippen LogP contribution in [0.15, 0.2) is 12.1 Å². The highest BCUT2D eigenvalue weighted by atomic mass is 16.3. The summed E-state index contributed by atoms with van der Waals surface area (Å²) in [7, 11) is 0. The average molecular weight is 370 g/mol. The minimum Gasteiger partial charge on any atom is -0.390 e. The average Bonchev–Trinajstić information content (AvgIpc) is 2.51. The molecular formula is C22H30N2O3. The van der Waals surface area contributed by atoms with Crippen molar-refractivity contribution in [2.24, 2.45) is 17.3 Å². The Labute approximate surface area is 160 Å². The van der Waals surface area contributed by atoms with Crippen LogP contribution in [0.2, 0.25) is 0 Å². The van der Waals surface area contributed by atoms with Gasteiger partial charge in [0.05, 0.1) is 5.60 Å². The van der Waals surface area contributed by atoms with Crippen LogP contribution in [0.25, 0.3) is 0 Å². The lowest BCUT2D eigenvalue weighted by molar-refractivity contribution is -0.167. The van der Waals surface area contributed by atoms with Crippen molar-refractivity contribution >= 4 is 23.2 Å². The van der Waals surface area contributed by atoms with Crippen molar-refractivity contribution in [3.63, 3.8) is 0 Å². The Morgan fingerprint density at radius 3 is 2.37 bits per heavy atom. The molecular weight excluding hydrogens is 340 g/mol. The summed E-state index contributed by atoms with van der Waals surface area (Å²) in [4.78, 5) is 24.4. The Kier molecular flexibility index (Phi) is 4.34. The van der Waals surface area contributed by atoms with Crippen LogP contribution < -0.4 is 10.6 Å². The largest absolute Gasteiger partial charge is 0.390 e. The summed E-state index contributed by atoms with van der Waals surface area (Å²) in [5.41, 5.74) is 2.79. The molecule has 4 aliphatic carbocycles. The predicted molar refractivity (Wildman–Crippen MR) is 106 cm³/mol. The SMILES string of the molecule is CC(=O)Nc1c(C)ccc(NC(=O)CC23CC4CC(CC(O)(C4)C2)C3)c1C. The van der Waals surface area contributed by atoms with Gasteiger partial charge in [-0.3, -0.25) is 9.59 Å². The van der Waals surface area contributed by atoms with Gasteiger partial charge in [0.15, 0.2) is 0 Å². The molecule has 1 aromatic rings. The molecule has 27 heavy (non-hydrogen) atoms. The second-order valence-corrected chi connectivity index (χ2v) is 9.52. The summed E-state index contributed by atoms with van der Waals surface area (Å²) >= 11 is 0. The van der Waals surface area contributed by atoms with Gasteiger partial charge >= 0.3 is 0 Å². The first-order valence-corrected chi connectivity index (χ1v) is 10.1. The molecule has 4 bridgehead atoms. The number of carbonyl (C=O) groups is 2. The molecule has 1 aromatic carbocycles. The van der Waals surface area contributed by atoms with Gasteiger partial charge in [0, 0.05) is 24.7 Å². The van der Waals surface area contributed by atoms with E-state index in [0.29, 0.717) is 18.3 Å². The summed E-state index contributed by atoms with van der Waals surface area (Å²) in [6, 6.07) is 3.82. The third-order valence-corrected chi connectivity index (χ3v) is 6.94. The molecule has 2 atom stereocenters. The standard InChI is InChI=1S/C22H30N2O3/c1-13-4-5-18(14(2)20(13)23-15(3)25)24-19(26)11-21-7-16-6-17(8-21)10-22(27,9-16)12-21/h4-5,16-17,27H,6-12H2,1-3H3,(H,23,25)(H,24,26). The van der Waals surface area contributed by atoms with Crippen molar-refractivity contribution < 1.29 is 14.7 Å². The Morgan fingerprint density at radius 1 is 1.11 bits per heavy atom. The van der Waals surface area contributed by atoms with Crippen molar-refractivity contribution in [1.82, 2.24) is 0 Å². The maximum atomic E-state index is 12.9. The van der Waals surface area contributed by atoms with Crippen molar-refractivity contribution in [3.8, 4) is 0 Å². The van der Waals surface area contributed by atoms with E-state index in [1.807, 2.05) is 26.0 Å². The molecule has 2 unspecified atom stereocenters. The smallest absolute Gasteiger partial charge is 0.224 e. The Bertz CT molecular complexity index is 787. The lowest BCUT2D eigenvalue weighted by Crippen LogP contribution is -2.56. The third-order valence-electron chi connectivity index (χ3n) is 6.94. The Morgan fingerprint density at radius 2 is 1.78 bits per heavy atom. The summed E-state index contributed by atoms with van der Waals surface area (Å²) in [6.07, 6.45) is 6.46. The lowest BCUT2D eigenvalue weighted by Gasteiger charge is -2.60. The molecule has 0 aliphatic heterocycles. The molecule has 0 radical (unpaired) electrons. The highest BCUT2D eigenvalue weighted by Crippen LogP contribution is 2.62. The molecule has 4 aliphatic rings. The van der Waals surface area contributed by atoms with Crippen LogP contribution in [0.3, 0.4) is 0 Å². The van der Waals surface area contributed by atoms with Gasteiger partial charge in [0.2, 0.25) is 11.8 Å². The zero-order valence-corrected chi connectivity index (χ0v) is 16.5. The Hall–Kier alpha value is -1.88. The van der Waals surface area contributed by atoms with E-state index < -0.39 is 5.60 Å². The maximum absolute atomic E-state index is 12.9. The number of nitrogens with one attached hydrogen (secondary N) is 2. The van der Waals surface area contributed by atoms with Crippen LogP contribution in [0, 0.1) is 31.1 Å². The topological polar surface area (TPSA) is 78.4 Å². The van der Waals surface area contributed by atoms with Gasteiger partial charge in [-0.15, -0.1) is 0 Å². The van der Waals surface area contributed by atoms with E-state index in [-0.39, 0.29) is 17.2 Å². The van der Waals surface area contributed by atoms with Gasteiger partial charge in [-0.25, -0.2) is 0 Å². The number of aryl methyl sites for hydroxylation is 1. The van der Waals surface area contributed by atoms with Gasteiger partial charge in [-0.1, -0.05) is 6.07 Å². The van der Waals surface area contributed by atoms with E-state index >= 15 is 0 Å². The van der Waals surface area contributed by atoms with Gasteiger partial charge in [-0.05, 0) is 86.8 Å². The van der Waals surface area contributed by atoms with Crippen LogP contribution in [0.5, 0.6) is 0 Å². The van der Waals surface area contributed by atoms with E-state index in [1.165, 1.54) is 13.3 Å². The number of benzene rings is 1. The molecule has 0 spiro atoms. The molecule has 4 saturated carbocycles. The lowest BCUT2D eigenvalue weighted by atomic mass is 9.47. The molecule has 3 N–H and O–H groups in total. The first kappa shape index (κ1) is 18.5. The Balaban J connectivity index is 1.50. The van der Waals surface area contributed by atoms with E-state index in [0.717, 1.165) is 54.6 Å². The monoisotopic (exact) mass is 370 g/mol. The highest BCUT2D eigenvalue weighted by Gasteiger charge is 2.57. The molecule has 0 aromatic heterocycles. The van der Waals surface area contributed by atoms with Gasteiger partial charge in [0.1, 0.15) is 0 Å². The van der Waals surface area contributed by atoms with Gasteiger partial charge in [0.25, 0.3) is 0 Å². The van der Waals surface area contributed by atoms with Crippen LogP contribution in [-0.4, -0.2) is 22.5 Å². The molecule has 146 valence electrons. The molecule has 0 heterocycles. The fourth-order valence-electron chi connectivity index (χ4n) is 6.49. The van der Waals surface area contributed by atoms with Crippen LogP contribution in [-0.2, 0) is 9.59 Å². The molecule has 0 saturated heterocycles. The number of rotatable bonds is 4. The molecule has 5 rings (SSSR count). The van der Waals surface area contributed by atoms with E-state index in [9.17, 15) is 14.7 Å².